The van der Waals surface area contributed by atoms with Crippen LogP contribution in [-0.2, 0) is 0 Å². The summed E-state index contributed by atoms with van der Waals surface area (Å²) in [6.07, 6.45) is 5.25. The SMILES string of the molecule is Oc1cnc(C2CCCCS2)[nH]1. The molecule has 2 N–H and O–H groups in total. The van der Waals surface area contributed by atoms with Crippen LogP contribution < -0.4 is 0 Å². The minimum absolute atomic E-state index is 0.177. The number of imidazole rings is 1. The van der Waals surface area contributed by atoms with Gasteiger partial charge in [0.1, 0.15) is 5.82 Å². The van der Waals surface area contributed by atoms with Gasteiger partial charge in [0.05, 0.1) is 11.4 Å². The van der Waals surface area contributed by atoms with Crippen molar-refractivity contribution in [2.75, 3.05) is 5.75 Å². The molecule has 1 aromatic rings. The molecule has 0 spiro atoms. The van der Waals surface area contributed by atoms with Crippen LogP contribution in [0.5, 0.6) is 5.88 Å². The number of thioether (sulfide) groups is 1. The van der Waals surface area contributed by atoms with Crippen LogP contribution in [0, 0.1) is 0 Å². The molecule has 66 valence electrons. The van der Waals surface area contributed by atoms with Crippen LogP contribution in [0.15, 0.2) is 6.20 Å². The third-order valence-electron chi connectivity index (χ3n) is 2.07. The highest BCUT2D eigenvalue weighted by atomic mass is 32.2. The van der Waals surface area contributed by atoms with Gasteiger partial charge in [0.25, 0.3) is 0 Å². The molecule has 1 atom stereocenters. The number of aromatic hydroxyl groups is 1. The minimum atomic E-state index is 0.177. The Morgan fingerprint density at radius 2 is 2.50 bits per heavy atom. The molecule has 0 aromatic carbocycles. The lowest BCUT2D eigenvalue weighted by Crippen LogP contribution is -2.03. The number of nitrogens with zero attached hydrogens (tertiary/aromatic N) is 1. The van der Waals surface area contributed by atoms with Crippen molar-refractivity contribution in [2.24, 2.45) is 0 Å². The van der Waals surface area contributed by atoms with Gasteiger partial charge in [-0.15, -0.1) is 0 Å². The third kappa shape index (κ3) is 1.58. The van der Waals surface area contributed by atoms with Crippen LogP contribution in [0.1, 0.15) is 30.3 Å². The van der Waals surface area contributed by atoms with Gasteiger partial charge in [0, 0.05) is 0 Å². The van der Waals surface area contributed by atoms with Gasteiger partial charge in [0.2, 0.25) is 5.88 Å². The number of hydrogen-bond donors (Lipinski definition) is 2. The van der Waals surface area contributed by atoms with Gasteiger partial charge in [-0.1, -0.05) is 6.42 Å². The Hall–Kier alpha value is -0.640. The zero-order valence-electron chi connectivity index (χ0n) is 6.79. The quantitative estimate of drug-likeness (QED) is 0.702. The Labute approximate surface area is 75.6 Å². The highest BCUT2D eigenvalue weighted by Crippen LogP contribution is 2.36. The van der Waals surface area contributed by atoms with Crippen molar-refractivity contribution in [3.63, 3.8) is 0 Å². The predicted molar refractivity (Wildman–Crippen MR) is 49.3 cm³/mol. The van der Waals surface area contributed by atoms with Crippen LogP contribution in [0.3, 0.4) is 0 Å². The van der Waals surface area contributed by atoms with Crippen molar-refractivity contribution < 1.29 is 5.11 Å². The van der Waals surface area contributed by atoms with Gasteiger partial charge in [-0.25, -0.2) is 4.98 Å². The first-order valence-electron chi connectivity index (χ1n) is 4.22. The average molecular weight is 184 g/mol. The first kappa shape index (κ1) is 7.98. The summed E-state index contributed by atoms with van der Waals surface area (Å²) in [6, 6.07) is 0. The van der Waals surface area contributed by atoms with Crippen molar-refractivity contribution in [3.8, 4) is 5.88 Å². The van der Waals surface area contributed by atoms with E-state index in [0.717, 1.165) is 5.82 Å². The van der Waals surface area contributed by atoms with Gasteiger partial charge < -0.3 is 10.1 Å². The van der Waals surface area contributed by atoms with E-state index in [1.807, 2.05) is 11.8 Å². The molecule has 12 heavy (non-hydrogen) atoms. The van der Waals surface area contributed by atoms with Crippen LogP contribution in [0.4, 0.5) is 0 Å². The highest BCUT2D eigenvalue weighted by Gasteiger charge is 2.18. The van der Waals surface area contributed by atoms with E-state index in [2.05, 4.69) is 9.97 Å². The summed E-state index contributed by atoms with van der Waals surface area (Å²) in [7, 11) is 0. The topological polar surface area (TPSA) is 48.9 Å². The summed E-state index contributed by atoms with van der Waals surface area (Å²) in [6.45, 7) is 0. The number of aromatic nitrogens is 2. The van der Waals surface area contributed by atoms with E-state index in [1.165, 1.54) is 31.2 Å². The maximum Gasteiger partial charge on any atom is 0.208 e. The first-order valence-corrected chi connectivity index (χ1v) is 5.26. The molecule has 1 aliphatic rings. The summed E-state index contributed by atoms with van der Waals surface area (Å²) in [5, 5.41) is 9.53. The Balaban J connectivity index is 2.08. The van der Waals surface area contributed by atoms with E-state index in [4.69, 9.17) is 5.11 Å². The summed E-state index contributed by atoms with van der Waals surface area (Å²) in [4.78, 5) is 6.98. The highest BCUT2D eigenvalue weighted by molar-refractivity contribution is 7.99. The van der Waals surface area contributed by atoms with Gasteiger partial charge in [0.15, 0.2) is 0 Å². The zero-order chi connectivity index (χ0) is 8.39. The molecule has 0 aliphatic carbocycles. The molecule has 3 nitrogen and oxygen atoms in total. The van der Waals surface area contributed by atoms with E-state index < -0.39 is 0 Å². The molecule has 0 saturated carbocycles. The summed E-state index contributed by atoms with van der Waals surface area (Å²) in [5.74, 6) is 2.32. The molecule has 0 radical (unpaired) electrons. The number of nitrogens with one attached hydrogen (secondary N) is 1. The number of aromatic amines is 1. The molecule has 1 fully saturated rings. The summed E-state index contributed by atoms with van der Waals surface area (Å²) >= 11 is 1.92. The van der Waals surface area contributed by atoms with E-state index >= 15 is 0 Å². The fourth-order valence-electron chi connectivity index (χ4n) is 1.45. The Kier molecular flexibility index (Phi) is 2.26. The molecule has 2 heterocycles. The molecule has 0 bridgehead atoms. The molecule has 4 heteroatoms. The Morgan fingerprint density at radius 1 is 1.58 bits per heavy atom. The van der Waals surface area contributed by atoms with Crippen LogP contribution in [-0.4, -0.2) is 20.8 Å². The molecule has 0 amide bonds. The van der Waals surface area contributed by atoms with Crippen molar-refractivity contribution in [3.05, 3.63) is 12.0 Å². The average Bonchev–Trinajstić information content (AvgIpc) is 2.54. The zero-order valence-corrected chi connectivity index (χ0v) is 7.60. The maximum atomic E-state index is 9.06. The second-order valence-corrected chi connectivity index (χ2v) is 4.32. The second-order valence-electron chi connectivity index (χ2n) is 3.01. The molecule has 1 saturated heterocycles. The van der Waals surface area contributed by atoms with E-state index in [9.17, 15) is 0 Å². The predicted octanol–water partition coefficient (Wildman–Crippen LogP) is 2.07. The van der Waals surface area contributed by atoms with Crippen molar-refractivity contribution in [1.29, 1.82) is 0 Å². The number of hydrogen-bond acceptors (Lipinski definition) is 3. The lowest BCUT2D eigenvalue weighted by atomic mass is 10.2. The molecule has 1 aromatic heterocycles. The summed E-state index contributed by atoms with van der Waals surface area (Å²) in [5.41, 5.74) is 0. The molecule has 2 rings (SSSR count). The Bertz CT molecular complexity index is 255. The fourth-order valence-corrected chi connectivity index (χ4v) is 2.71. The second kappa shape index (κ2) is 3.39. The Morgan fingerprint density at radius 3 is 3.08 bits per heavy atom. The van der Waals surface area contributed by atoms with Crippen LogP contribution in [0.25, 0.3) is 0 Å². The van der Waals surface area contributed by atoms with Crippen molar-refractivity contribution in [2.45, 2.75) is 24.5 Å². The van der Waals surface area contributed by atoms with Gasteiger partial charge >= 0.3 is 0 Å². The van der Waals surface area contributed by atoms with Gasteiger partial charge in [-0.3, -0.25) is 0 Å². The van der Waals surface area contributed by atoms with Crippen LogP contribution >= 0.6 is 11.8 Å². The van der Waals surface area contributed by atoms with E-state index in [-0.39, 0.29) is 5.88 Å². The van der Waals surface area contributed by atoms with Gasteiger partial charge in [-0.05, 0) is 18.6 Å². The normalized spacial score (nSPS) is 24.2. The molecule has 1 unspecified atom stereocenters. The monoisotopic (exact) mass is 184 g/mol. The van der Waals surface area contributed by atoms with Crippen molar-refractivity contribution >= 4 is 11.8 Å². The third-order valence-corrected chi connectivity index (χ3v) is 3.45. The van der Waals surface area contributed by atoms with Gasteiger partial charge in [-0.2, -0.15) is 11.8 Å². The standard InChI is InChI=1S/C8H12N2OS/c11-7-5-9-8(10-7)6-3-1-2-4-12-6/h5-6,11H,1-4H2,(H,9,10). The number of rotatable bonds is 1. The minimum Gasteiger partial charge on any atom is -0.493 e. The lowest BCUT2D eigenvalue weighted by Gasteiger charge is -2.18. The molecular formula is C8H12N2OS. The lowest BCUT2D eigenvalue weighted by molar-refractivity contribution is 0.455. The number of H-pyrrole nitrogens is 1. The van der Waals surface area contributed by atoms with Crippen LogP contribution in [0.2, 0.25) is 0 Å². The van der Waals surface area contributed by atoms with E-state index in [0.29, 0.717) is 5.25 Å². The summed E-state index contributed by atoms with van der Waals surface area (Å²) < 4.78 is 0. The fraction of sp³-hybridized carbons (Fsp3) is 0.625. The molecular weight excluding hydrogens is 172 g/mol. The largest absolute Gasteiger partial charge is 0.493 e. The maximum absolute atomic E-state index is 9.06. The smallest absolute Gasteiger partial charge is 0.208 e. The first-order chi connectivity index (χ1) is 5.86. The van der Waals surface area contributed by atoms with Crippen molar-refractivity contribution in [1.82, 2.24) is 9.97 Å². The van der Waals surface area contributed by atoms with E-state index in [1.54, 1.807) is 0 Å². The molecule has 1 aliphatic heterocycles.